The van der Waals surface area contributed by atoms with Crippen LogP contribution in [-0.2, 0) is 16.6 Å². The summed E-state index contributed by atoms with van der Waals surface area (Å²) in [5.41, 5.74) is 0. The van der Waals surface area contributed by atoms with Gasteiger partial charge in [0.05, 0.1) is 18.6 Å². The lowest BCUT2D eigenvalue weighted by molar-refractivity contribution is -0.138. The predicted octanol–water partition coefficient (Wildman–Crippen LogP) is 1.58. The largest absolute Gasteiger partial charge is 0.378 e. The Morgan fingerprint density at radius 1 is 1.39 bits per heavy atom. The highest BCUT2D eigenvalue weighted by Gasteiger charge is 2.32. The quantitative estimate of drug-likeness (QED) is 0.845. The molecular formula is C17H28N4O2. The summed E-state index contributed by atoms with van der Waals surface area (Å²) in [7, 11) is 2.02. The van der Waals surface area contributed by atoms with Crippen molar-refractivity contribution in [1.82, 2.24) is 19.4 Å². The zero-order valence-electron chi connectivity index (χ0n) is 14.3. The van der Waals surface area contributed by atoms with Crippen molar-refractivity contribution in [1.29, 1.82) is 0 Å². The highest BCUT2D eigenvalue weighted by molar-refractivity contribution is 5.77. The van der Waals surface area contributed by atoms with Crippen LogP contribution in [0.25, 0.3) is 0 Å². The Hall–Kier alpha value is -1.40. The molecule has 6 heteroatoms. The Morgan fingerprint density at radius 2 is 2.26 bits per heavy atom. The molecule has 2 aliphatic heterocycles. The molecule has 0 bridgehead atoms. The topological polar surface area (TPSA) is 50.6 Å². The average Bonchev–Trinajstić information content (AvgIpc) is 3.01. The molecule has 0 aromatic carbocycles. The maximum atomic E-state index is 12.7. The van der Waals surface area contributed by atoms with Gasteiger partial charge in [-0.05, 0) is 25.8 Å². The molecular weight excluding hydrogens is 292 g/mol. The fraction of sp³-hybridized carbons (Fsp3) is 0.765. The van der Waals surface area contributed by atoms with Crippen molar-refractivity contribution in [3.8, 4) is 0 Å². The van der Waals surface area contributed by atoms with Gasteiger partial charge in [-0.3, -0.25) is 9.69 Å². The number of likely N-dealkylation sites (N-methyl/N-ethyl adjacent to an activating group) is 1. The predicted molar refractivity (Wildman–Crippen MR) is 88.0 cm³/mol. The first-order valence-corrected chi connectivity index (χ1v) is 8.79. The van der Waals surface area contributed by atoms with Crippen molar-refractivity contribution < 1.29 is 9.53 Å². The summed E-state index contributed by atoms with van der Waals surface area (Å²) in [4.78, 5) is 21.6. The minimum absolute atomic E-state index is 0.118. The maximum absolute atomic E-state index is 12.7. The van der Waals surface area contributed by atoms with Crippen LogP contribution in [0, 0.1) is 0 Å². The van der Waals surface area contributed by atoms with E-state index in [0.717, 1.165) is 51.5 Å². The monoisotopic (exact) mass is 320 g/mol. The van der Waals surface area contributed by atoms with Gasteiger partial charge in [-0.15, -0.1) is 0 Å². The molecule has 128 valence electrons. The van der Waals surface area contributed by atoms with E-state index in [-0.39, 0.29) is 18.1 Å². The lowest BCUT2D eigenvalue weighted by atomic mass is 10.0. The van der Waals surface area contributed by atoms with Crippen molar-refractivity contribution in [2.45, 2.75) is 44.8 Å². The summed E-state index contributed by atoms with van der Waals surface area (Å²) >= 11 is 0. The highest BCUT2D eigenvalue weighted by Crippen LogP contribution is 2.25. The van der Waals surface area contributed by atoms with Crippen molar-refractivity contribution in [3.05, 3.63) is 18.2 Å². The molecule has 0 N–H and O–H groups in total. The van der Waals surface area contributed by atoms with Crippen LogP contribution in [0.15, 0.2) is 12.4 Å². The minimum Gasteiger partial charge on any atom is -0.378 e. The van der Waals surface area contributed by atoms with E-state index >= 15 is 0 Å². The molecule has 6 nitrogen and oxygen atoms in total. The highest BCUT2D eigenvalue weighted by atomic mass is 16.5. The van der Waals surface area contributed by atoms with Gasteiger partial charge in [0.15, 0.2) is 0 Å². The molecule has 2 aliphatic rings. The van der Waals surface area contributed by atoms with Crippen molar-refractivity contribution in [2.24, 2.45) is 7.05 Å². The summed E-state index contributed by atoms with van der Waals surface area (Å²) in [5, 5.41) is 0. The van der Waals surface area contributed by atoms with E-state index in [1.165, 1.54) is 6.42 Å². The van der Waals surface area contributed by atoms with E-state index in [1.807, 2.05) is 24.3 Å². The number of nitrogens with zero attached hydrogens (tertiary/aromatic N) is 4. The first-order valence-electron chi connectivity index (χ1n) is 8.79. The zero-order valence-corrected chi connectivity index (χ0v) is 14.3. The smallest absolute Gasteiger partial charge is 0.225 e. The van der Waals surface area contributed by atoms with Crippen LogP contribution in [0.5, 0.6) is 0 Å². The first-order chi connectivity index (χ1) is 11.2. The van der Waals surface area contributed by atoms with Gasteiger partial charge < -0.3 is 14.2 Å². The Kier molecular flexibility index (Phi) is 5.33. The number of piperazine rings is 1. The van der Waals surface area contributed by atoms with Crippen LogP contribution in [0.3, 0.4) is 0 Å². The molecule has 23 heavy (non-hydrogen) atoms. The fourth-order valence-electron chi connectivity index (χ4n) is 3.66. The number of aryl methyl sites for hydroxylation is 1. The molecule has 1 aromatic heterocycles. The maximum Gasteiger partial charge on any atom is 0.225 e. The normalized spacial score (nSPS) is 26.4. The number of hydrogen-bond acceptors (Lipinski definition) is 4. The molecule has 1 aromatic rings. The summed E-state index contributed by atoms with van der Waals surface area (Å²) in [6.45, 7) is 6.39. The molecule has 2 saturated heterocycles. The number of hydrogen-bond donors (Lipinski definition) is 0. The van der Waals surface area contributed by atoms with Crippen LogP contribution in [0.1, 0.15) is 44.5 Å². The molecule has 0 saturated carbocycles. The number of ether oxygens (including phenoxy) is 1. The standard InChI is InChI=1S/C17H28N4O2/c1-3-20-9-10-21(13-15(20)17-18-7-8-19(17)2)16(22)12-14-6-4-5-11-23-14/h7-8,14-15H,3-6,9-13H2,1-2H3/t14-,15-/m1/s1. The van der Waals surface area contributed by atoms with Gasteiger partial charge in [0, 0.05) is 45.7 Å². The minimum atomic E-state index is 0.118. The number of carbonyl (C=O) groups excluding carboxylic acids is 1. The van der Waals surface area contributed by atoms with Crippen LogP contribution >= 0.6 is 0 Å². The summed E-state index contributed by atoms with van der Waals surface area (Å²) in [6.07, 6.45) is 7.77. The van der Waals surface area contributed by atoms with Gasteiger partial charge in [-0.1, -0.05) is 6.92 Å². The van der Waals surface area contributed by atoms with E-state index in [0.29, 0.717) is 6.42 Å². The number of aromatic nitrogens is 2. The summed E-state index contributed by atoms with van der Waals surface area (Å²) in [5.74, 6) is 1.27. The van der Waals surface area contributed by atoms with E-state index < -0.39 is 0 Å². The van der Waals surface area contributed by atoms with E-state index in [4.69, 9.17) is 4.74 Å². The molecule has 0 unspecified atom stereocenters. The van der Waals surface area contributed by atoms with Crippen molar-refractivity contribution in [3.63, 3.8) is 0 Å². The van der Waals surface area contributed by atoms with Crippen molar-refractivity contribution >= 4 is 5.91 Å². The third-order valence-corrected chi connectivity index (χ3v) is 5.08. The third-order valence-electron chi connectivity index (χ3n) is 5.08. The molecule has 0 aliphatic carbocycles. The van der Waals surface area contributed by atoms with Crippen LogP contribution in [0.4, 0.5) is 0 Å². The van der Waals surface area contributed by atoms with Gasteiger partial charge in [0.2, 0.25) is 5.91 Å². The van der Waals surface area contributed by atoms with Gasteiger partial charge in [0.1, 0.15) is 5.82 Å². The van der Waals surface area contributed by atoms with Gasteiger partial charge in [-0.2, -0.15) is 0 Å². The van der Waals surface area contributed by atoms with Gasteiger partial charge >= 0.3 is 0 Å². The molecule has 2 atom stereocenters. The lowest BCUT2D eigenvalue weighted by Gasteiger charge is -2.41. The molecule has 1 amide bonds. The molecule has 3 heterocycles. The molecule has 3 rings (SSSR count). The van der Waals surface area contributed by atoms with Crippen LogP contribution in [-0.4, -0.2) is 64.1 Å². The van der Waals surface area contributed by atoms with E-state index in [9.17, 15) is 4.79 Å². The Bertz CT molecular complexity index is 524. The van der Waals surface area contributed by atoms with Crippen LogP contribution < -0.4 is 0 Å². The Balaban J connectivity index is 1.64. The number of carbonyl (C=O) groups is 1. The van der Waals surface area contributed by atoms with Gasteiger partial charge in [0.25, 0.3) is 0 Å². The number of amides is 1. The average molecular weight is 320 g/mol. The van der Waals surface area contributed by atoms with Crippen molar-refractivity contribution in [2.75, 3.05) is 32.8 Å². The SMILES string of the molecule is CCN1CCN(C(=O)C[C@H]2CCCCO2)C[C@@H]1c1nccn1C. The summed E-state index contributed by atoms with van der Waals surface area (Å²) in [6, 6.07) is 0.185. The third kappa shape index (κ3) is 3.75. The molecule has 2 fully saturated rings. The summed E-state index contributed by atoms with van der Waals surface area (Å²) < 4.78 is 7.79. The lowest BCUT2D eigenvalue weighted by Crippen LogP contribution is -2.51. The second-order valence-corrected chi connectivity index (χ2v) is 6.57. The van der Waals surface area contributed by atoms with E-state index in [2.05, 4.69) is 21.4 Å². The van der Waals surface area contributed by atoms with Gasteiger partial charge in [-0.25, -0.2) is 4.98 Å². The zero-order chi connectivity index (χ0) is 16.2. The first kappa shape index (κ1) is 16.5. The second kappa shape index (κ2) is 7.45. The Labute approximate surface area is 138 Å². The van der Waals surface area contributed by atoms with E-state index in [1.54, 1.807) is 0 Å². The Morgan fingerprint density at radius 3 is 2.91 bits per heavy atom. The molecule has 0 radical (unpaired) electrons. The van der Waals surface area contributed by atoms with Crippen LogP contribution in [0.2, 0.25) is 0 Å². The number of rotatable bonds is 4. The molecule has 0 spiro atoms. The fourth-order valence-corrected chi connectivity index (χ4v) is 3.66. The number of imidazole rings is 1. The second-order valence-electron chi connectivity index (χ2n) is 6.57.